The highest BCUT2D eigenvalue weighted by Gasteiger charge is 2.15. The fourth-order valence-corrected chi connectivity index (χ4v) is 2.74. The highest BCUT2D eigenvalue weighted by Crippen LogP contribution is 2.21. The Morgan fingerprint density at radius 1 is 1.12 bits per heavy atom. The maximum atomic E-state index is 11.9. The van der Waals surface area contributed by atoms with Crippen LogP contribution in [0, 0.1) is 0 Å². The minimum absolute atomic E-state index is 0.0840. The van der Waals surface area contributed by atoms with E-state index in [-0.39, 0.29) is 22.6 Å². The number of hydrogen-bond acceptors (Lipinski definition) is 4. The standard InChI is InChI=1S/C16H24Cl2N4O2/c1-10(2)22(11(3)4)8-7-19-14(23)9-15(24)20-12-5-6-13(17)21-16(12)18/h5-6,10-11H,7-9H2,1-4H3,(H,19,23)(H,20,24). The van der Waals surface area contributed by atoms with Crippen LogP contribution in [0.4, 0.5) is 5.69 Å². The van der Waals surface area contributed by atoms with Crippen molar-refractivity contribution in [3.8, 4) is 0 Å². The van der Waals surface area contributed by atoms with Crippen molar-refractivity contribution >= 4 is 40.7 Å². The van der Waals surface area contributed by atoms with Gasteiger partial charge in [-0.3, -0.25) is 14.5 Å². The van der Waals surface area contributed by atoms with Crippen molar-refractivity contribution in [1.82, 2.24) is 15.2 Å². The van der Waals surface area contributed by atoms with Crippen LogP contribution in [0.1, 0.15) is 34.1 Å². The minimum Gasteiger partial charge on any atom is -0.354 e. The van der Waals surface area contributed by atoms with E-state index in [4.69, 9.17) is 23.2 Å². The van der Waals surface area contributed by atoms with Crippen LogP contribution in [0.15, 0.2) is 12.1 Å². The molecule has 134 valence electrons. The van der Waals surface area contributed by atoms with Gasteiger partial charge in [0.25, 0.3) is 0 Å². The Morgan fingerprint density at radius 2 is 1.75 bits per heavy atom. The smallest absolute Gasteiger partial charge is 0.233 e. The van der Waals surface area contributed by atoms with E-state index in [0.29, 0.717) is 24.3 Å². The molecule has 0 spiro atoms. The van der Waals surface area contributed by atoms with Gasteiger partial charge in [-0.2, -0.15) is 0 Å². The highest BCUT2D eigenvalue weighted by molar-refractivity contribution is 6.34. The summed E-state index contributed by atoms with van der Waals surface area (Å²) in [6.45, 7) is 9.66. The first kappa shape index (κ1) is 20.7. The van der Waals surface area contributed by atoms with Crippen molar-refractivity contribution in [1.29, 1.82) is 0 Å². The van der Waals surface area contributed by atoms with Gasteiger partial charge in [-0.15, -0.1) is 0 Å². The second-order valence-corrected chi connectivity index (χ2v) is 6.72. The summed E-state index contributed by atoms with van der Waals surface area (Å²) in [6, 6.07) is 3.83. The first-order valence-electron chi connectivity index (χ1n) is 7.85. The predicted molar refractivity (Wildman–Crippen MR) is 97.5 cm³/mol. The molecule has 2 N–H and O–H groups in total. The van der Waals surface area contributed by atoms with Gasteiger partial charge in [0.15, 0.2) is 5.15 Å². The number of amides is 2. The summed E-state index contributed by atoms with van der Waals surface area (Å²) < 4.78 is 0. The van der Waals surface area contributed by atoms with Gasteiger partial charge in [0.1, 0.15) is 11.6 Å². The average Bonchev–Trinajstić information content (AvgIpc) is 2.45. The van der Waals surface area contributed by atoms with E-state index in [2.05, 4.69) is 48.2 Å². The largest absolute Gasteiger partial charge is 0.354 e. The molecule has 0 aliphatic carbocycles. The first-order chi connectivity index (χ1) is 11.2. The number of rotatable bonds is 8. The zero-order chi connectivity index (χ0) is 18.3. The number of carbonyl (C=O) groups is 2. The fraction of sp³-hybridized carbons (Fsp3) is 0.562. The lowest BCUT2D eigenvalue weighted by molar-refractivity contribution is -0.126. The van der Waals surface area contributed by atoms with E-state index in [9.17, 15) is 9.59 Å². The summed E-state index contributed by atoms with van der Waals surface area (Å²) in [4.78, 5) is 29.8. The molecule has 0 atom stereocenters. The van der Waals surface area contributed by atoms with Gasteiger partial charge >= 0.3 is 0 Å². The molecule has 1 rings (SSSR count). The predicted octanol–water partition coefficient (Wildman–Crippen LogP) is 2.95. The average molecular weight is 375 g/mol. The molecule has 1 aromatic rings. The quantitative estimate of drug-likeness (QED) is 0.541. The maximum absolute atomic E-state index is 11.9. The Kier molecular flexibility index (Phi) is 8.45. The third-order valence-corrected chi connectivity index (χ3v) is 3.93. The fourth-order valence-electron chi connectivity index (χ4n) is 2.35. The lowest BCUT2D eigenvalue weighted by atomic mass is 10.2. The molecule has 0 radical (unpaired) electrons. The zero-order valence-corrected chi connectivity index (χ0v) is 15.9. The third-order valence-electron chi connectivity index (χ3n) is 3.43. The molecule has 0 unspecified atom stereocenters. The van der Waals surface area contributed by atoms with Crippen LogP contribution in [0.2, 0.25) is 10.3 Å². The molecular formula is C16H24Cl2N4O2. The summed E-state index contributed by atoms with van der Waals surface area (Å²) in [7, 11) is 0. The van der Waals surface area contributed by atoms with Gasteiger partial charge in [-0.05, 0) is 39.8 Å². The molecule has 8 heteroatoms. The van der Waals surface area contributed by atoms with Crippen LogP contribution in [0.3, 0.4) is 0 Å². The monoisotopic (exact) mass is 374 g/mol. The van der Waals surface area contributed by atoms with Crippen LogP contribution in [-0.2, 0) is 9.59 Å². The minimum atomic E-state index is -0.455. The van der Waals surface area contributed by atoms with Crippen LogP contribution in [0.5, 0.6) is 0 Å². The number of aromatic nitrogens is 1. The molecule has 0 bridgehead atoms. The number of halogens is 2. The van der Waals surface area contributed by atoms with Crippen molar-refractivity contribution < 1.29 is 9.59 Å². The van der Waals surface area contributed by atoms with E-state index in [1.807, 2.05) is 0 Å². The van der Waals surface area contributed by atoms with Crippen LogP contribution < -0.4 is 10.6 Å². The van der Waals surface area contributed by atoms with Crippen molar-refractivity contribution in [2.75, 3.05) is 18.4 Å². The van der Waals surface area contributed by atoms with E-state index < -0.39 is 5.91 Å². The Bertz CT molecular complexity index is 571. The van der Waals surface area contributed by atoms with Gasteiger partial charge in [-0.25, -0.2) is 4.98 Å². The summed E-state index contributed by atoms with van der Waals surface area (Å²) >= 11 is 11.6. The molecule has 0 aromatic carbocycles. The van der Waals surface area contributed by atoms with Crippen molar-refractivity contribution in [3.05, 3.63) is 22.4 Å². The van der Waals surface area contributed by atoms with E-state index in [1.54, 1.807) is 0 Å². The molecule has 1 aromatic heterocycles. The van der Waals surface area contributed by atoms with Gasteiger partial charge in [0.2, 0.25) is 11.8 Å². The van der Waals surface area contributed by atoms with Crippen molar-refractivity contribution in [2.45, 2.75) is 46.2 Å². The molecule has 6 nitrogen and oxygen atoms in total. The Labute approximate surface area is 152 Å². The van der Waals surface area contributed by atoms with Crippen LogP contribution in [-0.4, -0.2) is 46.9 Å². The zero-order valence-electron chi connectivity index (χ0n) is 14.4. The topological polar surface area (TPSA) is 74.3 Å². The molecule has 0 saturated heterocycles. The van der Waals surface area contributed by atoms with Gasteiger partial charge in [0, 0.05) is 25.2 Å². The van der Waals surface area contributed by atoms with E-state index >= 15 is 0 Å². The summed E-state index contributed by atoms with van der Waals surface area (Å²) in [6.07, 6.45) is -0.275. The molecule has 2 amide bonds. The molecule has 24 heavy (non-hydrogen) atoms. The number of carbonyl (C=O) groups excluding carboxylic acids is 2. The van der Waals surface area contributed by atoms with Crippen molar-refractivity contribution in [3.63, 3.8) is 0 Å². The second kappa shape index (κ2) is 9.81. The third kappa shape index (κ3) is 7.03. The van der Waals surface area contributed by atoms with E-state index in [0.717, 1.165) is 6.54 Å². The van der Waals surface area contributed by atoms with Gasteiger partial charge in [0.05, 0.1) is 5.69 Å². The molecule has 0 aliphatic heterocycles. The molecule has 0 fully saturated rings. The summed E-state index contributed by atoms with van der Waals surface area (Å²) in [5.74, 6) is -0.791. The lowest BCUT2D eigenvalue weighted by Gasteiger charge is -2.30. The molecule has 1 heterocycles. The highest BCUT2D eigenvalue weighted by atomic mass is 35.5. The second-order valence-electron chi connectivity index (χ2n) is 5.97. The number of pyridine rings is 1. The Morgan fingerprint density at radius 3 is 2.29 bits per heavy atom. The molecular weight excluding hydrogens is 351 g/mol. The Hall–Kier alpha value is -1.37. The summed E-state index contributed by atoms with van der Waals surface area (Å²) in [5.41, 5.74) is 0.324. The first-order valence-corrected chi connectivity index (χ1v) is 8.60. The van der Waals surface area contributed by atoms with Gasteiger partial charge in [-0.1, -0.05) is 23.2 Å². The number of hydrogen-bond donors (Lipinski definition) is 2. The van der Waals surface area contributed by atoms with Crippen LogP contribution in [0.25, 0.3) is 0 Å². The lowest BCUT2D eigenvalue weighted by Crippen LogP contribution is -2.42. The SMILES string of the molecule is CC(C)N(CCNC(=O)CC(=O)Nc1ccc(Cl)nc1Cl)C(C)C. The Balaban J connectivity index is 2.40. The van der Waals surface area contributed by atoms with Gasteiger partial charge < -0.3 is 10.6 Å². The number of nitrogens with one attached hydrogen (secondary N) is 2. The van der Waals surface area contributed by atoms with Crippen molar-refractivity contribution in [2.24, 2.45) is 0 Å². The number of anilines is 1. The van der Waals surface area contributed by atoms with E-state index in [1.165, 1.54) is 12.1 Å². The maximum Gasteiger partial charge on any atom is 0.233 e. The number of nitrogens with zero attached hydrogens (tertiary/aromatic N) is 2. The molecule has 0 saturated carbocycles. The molecule has 0 aliphatic rings. The summed E-state index contributed by atoms with van der Waals surface area (Å²) in [5, 5.41) is 5.61. The van der Waals surface area contributed by atoms with Crippen LogP contribution >= 0.6 is 23.2 Å². The normalized spacial score (nSPS) is 11.2.